The summed E-state index contributed by atoms with van der Waals surface area (Å²) in [6.07, 6.45) is 1.99. The number of halogens is 2. The van der Waals surface area contributed by atoms with Crippen LogP contribution in [0.2, 0.25) is 0 Å². The zero-order valence-electron chi connectivity index (χ0n) is 8.22. The molecule has 1 aromatic rings. The highest BCUT2D eigenvalue weighted by Crippen LogP contribution is 2.05. The van der Waals surface area contributed by atoms with Gasteiger partial charge in [-0.05, 0) is 6.92 Å². The van der Waals surface area contributed by atoms with E-state index < -0.39 is 0 Å². The molecule has 0 aliphatic carbocycles. The Bertz CT molecular complexity index is 331. The minimum absolute atomic E-state index is 0.583. The average molecular weight is 234 g/mol. The monoisotopic (exact) mass is 233 g/mol. The number of nitrogens with one attached hydrogen (secondary N) is 1. The second kappa shape index (κ2) is 5.39. The van der Waals surface area contributed by atoms with Gasteiger partial charge in [-0.1, -0.05) is 23.2 Å². The first-order valence-corrected chi connectivity index (χ1v) is 5.09. The Morgan fingerprint density at radius 2 is 2.43 bits per heavy atom. The molecule has 0 radical (unpaired) electrons. The van der Waals surface area contributed by atoms with Crippen molar-refractivity contribution in [1.82, 2.24) is 15.1 Å². The molecule has 5 heteroatoms. The number of aryl methyl sites for hydroxylation is 2. The third-order valence-corrected chi connectivity index (χ3v) is 2.46. The third kappa shape index (κ3) is 3.33. The van der Waals surface area contributed by atoms with E-state index in [9.17, 15) is 0 Å². The van der Waals surface area contributed by atoms with Crippen LogP contribution >= 0.6 is 23.2 Å². The van der Waals surface area contributed by atoms with Crippen molar-refractivity contribution in [3.05, 3.63) is 28.0 Å². The molecule has 0 spiro atoms. The smallest absolute Gasteiger partial charge is 0.0638 e. The standard InChI is InChI=1S/C9H13Cl2N3/c1-7-8(6-14(2)13-7)4-12-5-9(11)3-10/h3,6,12H,4-5H2,1-2H3/b9-3-. The van der Waals surface area contributed by atoms with Gasteiger partial charge in [-0.3, -0.25) is 4.68 Å². The number of nitrogens with zero attached hydrogens (tertiary/aromatic N) is 2. The van der Waals surface area contributed by atoms with Crippen molar-refractivity contribution in [2.45, 2.75) is 13.5 Å². The molecule has 0 aliphatic heterocycles. The van der Waals surface area contributed by atoms with Crippen LogP contribution in [-0.4, -0.2) is 16.3 Å². The summed E-state index contributed by atoms with van der Waals surface area (Å²) in [6.45, 7) is 3.32. The highest BCUT2D eigenvalue weighted by atomic mass is 35.5. The molecule has 1 heterocycles. The quantitative estimate of drug-likeness (QED) is 0.864. The van der Waals surface area contributed by atoms with Crippen molar-refractivity contribution < 1.29 is 0 Å². The number of hydrogen-bond acceptors (Lipinski definition) is 2. The minimum Gasteiger partial charge on any atom is -0.308 e. The van der Waals surface area contributed by atoms with Crippen molar-refractivity contribution in [3.8, 4) is 0 Å². The molecule has 0 saturated heterocycles. The van der Waals surface area contributed by atoms with Crippen molar-refractivity contribution in [1.29, 1.82) is 0 Å². The number of hydrogen-bond donors (Lipinski definition) is 1. The van der Waals surface area contributed by atoms with Gasteiger partial charge in [0.05, 0.1) is 5.69 Å². The van der Waals surface area contributed by atoms with Crippen LogP contribution in [0.5, 0.6) is 0 Å². The summed E-state index contributed by atoms with van der Waals surface area (Å²) in [5, 5.41) is 8.01. The third-order valence-electron chi connectivity index (χ3n) is 1.84. The lowest BCUT2D eigenvalue weighted by atomic mass is 10.2. The molecule has 0 atom stereocenters. The fourth-order valence-electron chi connectivity index (χ4n) is 1.18. The SMILES string of the molecule is Cc1nn(C)cc1CNC/C(Cl)=C/Cl. The van der Waals surface area contributed by atoms with E-state index in [4.69, 9.17) is 23.2 Å². The van der Waals surface area contributed by atoms with E-state index in [1.165, 1.54) is 11.1 Å². The van der Waals surface area contributed by atoms with Gasteiger partial charge in [0.25, 0.3) is 0 Å². The fraction of sp³-hybridized carbons (Fsp3) is 0.444. The summed E-state index contributed by atoms with van der Waals surface area (Å²) in [5.74, 6) is 0. The lowest BCUT2D eigenvalue weighted by molar-refractivity contribution is 0.746. The van der Waals surface area contributed by atoms with Gasteiger partial charge >= 0.3 is 0 Å². The highest BCUT2D eigenvalue weighted by Gasteiger charge is 2.01. The van der Waals surface area contributed by atoms with Gasteiger partial charge in [-0.2, -0.15) is 5.10 Å². The molecule has 1 N–H and O–H groups in total. The summed E-state index contributed by atoms with van der Waals surface area (Å²) in [5.41, 5.74) is 3.57. The van der Waals surface area contributed by atoms with Crippen molar-refractivity contribution in [2.75, 3.05) is 6.54 Å². The Morgan fingerprint density at radius 1 is 1.71 bits per heavy atom. The fourth-order valence-corrected chi connectivity index (χ4v) is 1.35. The summed E-state index contributed by atoms with van der Waals surface area (Å²) in [4.78, 5) is 0. The van der Waals surface area contributed by atoms with Crippen LogP contribution in [0.4, 0.5) is 0 Å². The van der Waals surface area contributed by atoms with E-state index in [0.717, 1.165) is 12.2 Å². The van der Waals surface area contributed by atoms with E-state index in [-0.39, 0.29) is 0 Å². The Kier molecular flexibility index (Phi) is 4.45. The Hall–Kier alpha value is -0.510. The Labute approximate surface area is 93.7 Å². The van der Waals surface area contributed by atoms with Gasteiger partial charge in [0.2, 0.25) is 0 Å². The molecule has 14 heavy (non-hydrogen) atoms. The molecule has 0 aliphatic rings. The molecule has 0 aromatic carbocycles. The first-order valence-electron chi connectivity index (χ1n) is 4.28. The van der Waals surface area contributed by atoms with Gasteiger partial charge in [-0.15, -0.1) is 0 Å². The van der Waals surface area contributed by atoms with Gasteiger partial charge in [0.15, 0.2) is 0 Å². The van der Waals surface area contributed by atoms with Crippen LogP contribution in [0.25, 0.3) is 0 Å². The van der Waals surface area contributed by atoms with Crippen LogP contribution < -0.4 is 5.32 Å². The molecule has 0 saturated carbocycles. The highest BCUT2D eigenvalue weighted by molar-refractivity contribution is 6.36. The average Bonchev–Trinajstić information content (AvgIpc) is 2.45. The summed E-state index contributed by atoms with van der Waals surface area (Å²) < 4.78 is 1.80. The molecular weight excluding hydrogens is 221 g/mol. The summed E-state index contributed by atoms with van der Waals surface area (Å²) in [6, 6.07) is 0. The van der Waals surface area contributed by atoms with Crippen LogP contribution in [0.1, 0.15) is 11.3 Å². The molecule has 1 rings (SSSR count). The van der Waals surface area contributed by atoms with Crippen LogP contribution in [0, 0.1) is 6.92 Å². The van der Waals surface area contributed by atoms with Gasteiger partial charge in [-0.25, -0.2) is 0 Å². The minimum atomic E-state index is 0.583. The topological polar surface area (TPSA) is 29.9 Å². The predicted molar refractivity (Wildman–Crippen MR) is 59.4 cm³/mol. The maximum absolute atomic E-state index is 5.72. The molecule has 0 unspecified atom stereocenters. The molecule has 0 bridgehead atoms. The van der Waals surface area contributed by atoms with Crippen molar-refractivity contribution in [3.63, 3.8) is 0 Å². The molecule has 78 valence electrons. The predicted octanol–water partition coefficient (Wildman–Crippen LogP) is 2.14. The number of aromatic nitrogens is 2. The van der Waals surface area contributed by atoms with Crippen LogP contribution in [-0.2, 0) is 13.6 Å². The molecular formula is C9H13Cl2N3. The van der Waals surface area contributed by atoms with Crippen molar-refractivity contribution in [2.24, 2.45) is 7.05 Å². The van der Waals surface area contributed by atoms with E-state index >= 15 is 0 Å². The summed E-state index contributed by atoms with van der Waals surface area (Å²) >= 11 is 11.1. The van der Waals surface area contributed by atoms with Gasteiger partial charge in [0, 0.05) is 42.5 Å². The Balaban J connectivity index is 2.42. The van der Waals surface area contributed by atoms with Crippen molar-refractivity contribution >= 4 is 23.2 Å². The van der Waals surface area contributed by atoms with E-state index in [1.54, 1.807) is 4.68 Å². The number of rotatable bonds is 4. The normalized spacial score (nSPS) is 12.1. The lowest BCUT2D eigenvalue weighted by Gasteiger charge is -2.01. The second-order valence-corrected chi connectivity index (χ2v) is 3.78. The zero-order chi connectivity index (χ0) is 10.6. The maximum Gasteiger partial charge on any atom is 0.0638 e. The molecule has 1 aromatic heterocycles. The largest absolute Gasteiger partial charge is 0.308 e. The Morgan fingerprint density at radius 3 is 2.93 bits per heavy atom. The van der Waals surface area contributed by atoms with E-state index in [1.807, 2.05) is 20.2 Å². The van der Waals surface area contributed by atoms with Gasteiger partial charge in [0.1, 0.15) is 0 Å². The molecule has 0 fully saturated rings. The van der Waals surface area contributed by atoms with Gasteiger partial charge < -0.3 is 5.32 Å². The van der Waals surface area contributed by atoms with E-state index in [2.05, 4.69) is 10.4 Å². The maximum atomic E-state index is 5.72. The first kappa shape index (κ1) is 11.6. The lowest BCUT2D eigenvalue weighted by Crippen LogP contribution is -2.14. The summed E-state index contributed by atoms with van der Waals surface area (Å²) in [7, 11) is 1.90. The van der Waals surface area contributed by atoms with Crippen LogP contribution in [0.3, 0.4) is 0 Å². The second-order valence-electron chi connectivity index (χ2n) is 3.07. The molecule has 3 nitrogen and oxygen atoms in total. The van der Waals surface area contributed by atoms with Crippen LogP contribution in [0.15, 0.2) is 16.8 Å². The van der Waals surface area contributed by atoms with E-state index in [0.29, 0.717) is 11.6 Å². The zero-order valence-corrected chi connectivity index (χ0v) is 9.73. The first-order chi connectivity index (χ1) is 6.63. The molecule has 0 amide bonds.